The van der Waals surface area contributed by atoms with Crippen molar-refractivity contribution in [3.05, 3.63) is 265 Å². The molecular weight excluding hydrogens is 737 g/mol. The van der Waals surface area contributed by atoms with Gasteiger partial charge in [-0.2, -0.15) is 0 Å². The summed E-state index contributed by atoms with van der Waals surface area (Å²) in [6, 6.07) is 89.2. The first-order valence-corrected chi connectivity index (χ1v) is 21.1. The zero-order valence-corrected chi connectivity index (χ0v) is 33.5. The van der Waals surface area contributed by atoms with Crippen molar-refractivity contribution in [3.63, 3.8) is 0 Å². The highest BCUT2D eigenvalue weighted by Gasteiger charge is 2.46. The maximum Gasteiger partial charge on any atom is 0.0714 e. The standard InChI is InChI=1S/C59H40N2/c1-4-17-41(18-5-1)44-21-16-26-47(37-44)61-57-30-15-13-28-53(57)54-36-34-50(40-58(54)61)60(48-32-31-42-19-10-11-20-43(42)38-48)49-33-35-52-51-27-12-14-29-55(51)59(56(52)39-49,45-22-6-2-7-23-45)46-24-8-3-9-25-46/h1-40H. The summed E-state index contributed by atoms with van der Waals surface area (Å²) in [5.41, 5.74) is 16.3. The van der Waals surface area contributed by atoms with Crippen LogP contribution in [0.4, 0.5) is 17.1 Å². The topological polar surface area (TPSA) is 8.17 Å². The molecule has 1 heterocycles. The molecule has 0 saturated heterocycles. The lowest BCUT2D eigenvalue weighted by atomic mass is 9.67. The molecular formula is C59H40N2. The molecule has 2 nitrogen and oxygen atoms in total. The molecule has 0 amide bonds. The number of benzene rings is 10. The van der Waals surface area contributed by atoms with Crippen molar-refractivity contribution in [2.45, 2.75) is 5.41 Å². The van der Waals surface area contributed by atoms with Gasteiger partial charge >= 0.3 is 0 Å². The van der Waals surface area contributed by atoms with Crippen LogP contribution >= 0.6 is 0 Å². The molecule has 0 spiro atoms. The number of hydrogen-bond donors (Lipinski definition) is 0. The van der Waals surface area contributed by atoms with Gasteiger partial charge in [-0.15, -0.1) is 0 Å². The summed E-state index contributed by atoms with van der Waals surface area (Å²) >= 11 is 0. The van der Waals surface area contributed by atoms with E-state index in [9.17, 15) is 0 Å². The van der Waals surface area contributed by atoms with Crippen LogP contribution in [0.25, 0.3) is 60.5 Å². The molecule has 12 rings (SSSR count). The summed E-state index contributed by atoms with van der Waals surface area (Å²) in [5, 5.41) is 4.88. The first kappa shape index (κ1) is 35.0. The lowest BCUT2D eigenvalue weighted by molar-refractivity contribution is 0.768. The molecule has 1 aliphatic carbocycles. The van der Waals surface area contributed by atoms with Gasteiger partial charge in [0.2, 0.25) is 0 Å². The van der Waals surface area contributed by atoms with Crippen LogP contribution < -0.4 is 4.90 Å². The van der Waals surface area contributed by atoms with Crippen LogP contribution in [-0.4, -0.2) is 4.57 Å². The molecule has 0 aliphatic heterocycles. The summed E-state index contributed by atoms with van der Waals surface area (Å²) in [6.07, 6.45) is 0. The maximum atomic E-state index is 2.47. The van der Waals surface area contributed by atoms with Gasteiger partial charge in [0.05, 0.1) is 16.4 Å². The molecule has 61 heavy (non-hydrogen) atoms. The highest BCUT2D eigenvalue weighted by Crippen LogP contribution is 2.57. The summed E-state index contributed by atoms with van der Waals surface area (Å²) in [4.78, 5) is 2.46. The van der Waals surface area contributed by atoms with Gasteiger partial charge < -0.3 is 9.47 Å². The van der Waals surface area contributed by atoms with E-state index in [0.717, 1.165) is 28.3 Å². The quantitative estimate of drug-likeness (QED) is 0.156. The van der Waals surface area contributed by atoms with Crippen molar-refractivity contribution in [1.82, 2.24) is 4.57 Å². The Morgan fingerprint density at radius 2 is 0.902 bits per heavy atom. The molecule has 10 aromatic carbocycles. The lowest BCUT2D eigenvalue weighted by Gasteiger charge is -2.35. The van der Waals surface area contributed by atoms with E-state index in [4.69, 9.17) is 0 Å². The third-order valence-corrected chi connectivity index (χ3v) is 12.8. The third-order valence-electron chi connectivity index (χ3n) is 12.8. The number of hydrogen-bond acceptors (Lipinski definition) is 1. The van der Waals surface area contributed by atoms with Gasteiger partial charge in [0, 0.05) is 33.5 Å². The molecule has 0 radical (unpaired) electrons. The number of fused-ring (bicyclic) bond motifs is 7. The first-order chi connectivity index (χ1) is 30.3. The van der Waals surface area contributed by atoms with Crippen molar-refractivity contribution in [2.24, 2.45) is 0 Å². The Labute approximate surface area is 355 Å². The Morgan fingerprint density at radius 1 is 0.328 bits per heavy atom. The Balaban J connectivity index is 1.12. The van der Waals surface area contributed by atoms with Crippen molar-refractivity contribution in [3.8, 4) is 27.9 Å². The zero-order chi connectivity index (χ0) is 40.3. The van der Waals surface area contributed by atoms with Crippen LogP contribution in [-0.2, 0) is 5.41 Å². The lowest BCUT2D eigenvalue weighted by Crippen LogP contribution is -2.28. The fourth-order valence-electron chi connectivity index (χ4n) is 10.2. The summed E-state index contributed by atoms with van der Waals surface area (Å²) in [7, 11) is 0. The minimum atomic E-state index is -0.514. The minimum Gasteiger partial charge on any atom is -0.310 e. The molecule has 2 heteroatoms. The molecule has 11 aromatic rings. The van der Waals surface area contributed by atoms with Crippen molar-refractivity contribution in [1.29, 1.82) is 0 Å². The molecule has 1 aromatic heterocycles. The predicted molar refractivity (Wildman–Crippen MR) is 256 cm³/mol. The van der Waals surface area contributed by atoms with E-state index in [2.05, 4.69) is 252 Å². The Bertz CT molecular complexity index is 3380. The van der Waals surface area contributed by atoms with Gasteiger partial charge in [0.25, 0.3) is 0 Å². The molecule has 1 aliphatic rings. The van der Waals surface area contributed by atoms with Crippen LogP contribution in [0.2, 0.25) is 0 Å². The Morgan fingerprint density at radius 3 is 1.70 bits per heavy atom. The van der Waals surface area contributed by atoms with E-state index in [1.807, 2.05) is 0 Å². The van der Waals surface area contributed by atoms with Crippen molar-refractivity contribution < 1.29 is 0 Å². The van der Waals surface area contributed by atoms with Crippen LogP contribution in [0.1, 0.15) is 22.3 Å². The van der Waals surface area contributed by atoms with E-state index >= 15 is 0 Å². The molecule has 0 bridgehead atoms. The van der Waals surface area contributed by atoms with E-state index in [-0.39, 0.29) is 0 Å². The van der Waals surface area contributed by atoms with Gasteiger partial charge in [-0.3, -0.25) is 0 Å². The number of anilines is 3. The molecule has 286 valence electrons. The molecule has 0 saturated carbocycles. The molecule has 0 fully saturated rings. The number of nitrogens with zero attached hydrogens (tertiary/aromatic N) is 2. The Hall–Kier alpha value is -7.94. The molecule has 0 N–H and O–H groups in total. The number of para-hydroxylation sites is 1. The van der Waals surface area contributed by atoms with E-state index in [1.54, 1.807) is 0 Å². The number of aromatic nitrogens is 1. The zero-order valence-electron chi connectivity index (χ0n) is 33.5. The van der Waals surface area contributed by atoms with E-state index < -0.39 is 5.41 Å². The smallest absolute Gasteiger partial charge is 0.0714 e. The first-order valence-electron chi connectivity index (χ1n) is 21.1. The number of rotatable bonds is 7. The van der Waals surface area contributed by atoms with Crippen molar-refractivity contribution >= 4 is 49.6 Å². The van der Waals surface area contributed by atoms with Gasteiger partial charge in [-0.1, -0.05) is 188 Å². The van der Waals surface area contributed by atoms with Gasteiger partial charge in [-0.05, 0) is 110 Å². The molecule has 0 unspecified atom stereocenters. The Kier molecular flexibility index (Phi) is 8.11. The second kappa shape index (κ2) is 14.1. The van der Waals surface area contributed by atoms with Gasteiger partial charge in [0.1, 0.15) is 0 Å². The maximum absolute atomic E-state index is 2.47. The minimum absolute atomic E-state index is 0.514. The van der Waals surface area contributed by atoms with E-state index in [1.165, 1.54) is 71.6 Å². The average Bonchev–Trinajstić information content (AvgIpc) is 3.83. The third kappa shape index (κ3) is 5.50. The van der Waals surface area contributed by atoms with Crippen LogP contribution in [0.15, 0.2) is 243 Å². The normalized spacial score (nSPS) is 12.7. The predicted octanol–water partition coefficient (Wildman–Crippen LogP) is 15.4. The van der Waals surface area contributed by atoms with Crippen LogP contribution in [0.3, 0.4) is 0 Å². The second-order valence-electron chi connectivity index (χ2n) is 16.1. The van der Waals surface area contributed by atoms with Crippen molar-refractivity contribution in [2.75, 3.05) is 4.90 Å². The SMILES string of the molecule is c1ccc(-c2cccc(-n3c4ccccc4c4ccc(N(c5ccc6c(c5)C(c5ccccc5)(c5ccccc5)c5ccccc5-6)c5ccc6ccccc6c5)cc43)c2)cc1. The second-order valence-corrected chi connectivity index (χ2v) is 16.1. The van der Waals surface area contributed by atoms with Crippen LogP contribution in [0.5, 0.6) is 0 Å². The molecule has 0 atom stereocenters. The van der Waals surface area contributed by atoms with E-state index in [0.29, 0.717) is 0 Å². The fraction of sp³-hybridized carbons (Fsp3) is 0.0169. The fourth-order valence-corrected chi connectivity index (χ4v) is 10.2. The largest absolute Gasteiger partial charge is 0.310 e. The van der Waals surface area contributed by atoms with Gasteiger partial charge in [-0.25, -0.2) is 0 Å². The summed E-state index contributed by atoms with van der Waals surface area (Å²) in [5.74, 6) is 0. The highest BCUT2D eigenvalue weighted by molar-refractivity contribution is 6.10. The summed E-state index contributed by atoms with van der Waals surface area (Å²) < 4.78 is 2.44. The highest BCUT2D eigenvalue weighted by atomic mass is 15.1. The van der Waals surface area contributed by atoms with Crippen LogP contribution in [0, 0.1) is 0 Å². The summed E-state index contributed by atoms with van der Waals surface area (Å²) in [6.45, 7) is 0. The van der Waals surface area contributed by atoms with Gasteiger partial charge in [0.15, 0.2) is 0 Å². The monoisotopic (exact) mass is 776 g/mol. The average molecular weight is 777 g/mol.